The maximum Gasteiger partial charge on any atom is 0.216 e. The van der Waals surface area contributed by atoms with Crippen LogP contribution in [0.25, 0.3) is 0 Å². The van der Waals surface area contributed by atoms with E-state index in [1.165, 1.54) is 19.3 Å². The molecule has 0 bridgehead atoms. The van der Waals surface area contributed by atoms with Gasteiger partial charge in [0.15, 0.2) is 5.96 Å². The van der Waals surface area contributed by atoms with Crippen molar-refractivity contribution in [2.24, 2.45) is 4.99 Å². The van der Waals surface area contributed by atoms with Gasteiger partial charge in [-0.3, -0.25) is 9.89 Å². The van der Waals surface area contributed by atoms with Crippen molar-refractivity contribution in [1.82, 2.24) is 20.3 Å². The van der Waals surface area contributed by atoms with E-state index in [0.29, 0.717) is 6.54 Å². The maximum absolute atomic E-state index is 12.1. The molecule has 0 aliphatic carbocycles. The number of guanidine groups is 1. The second kappa shape index (κ2) is 13.0. The molecule has 0 amide bonds. The van der Waals surface area contributed by atoms with Gasteiger partial charge in [0, 0.05) is 31.7 Å². The molecular weight excluding hydrogens is 525 g/mol. The Kier molecular flexibility index (Phi) is 11.8. The van der Waals surface area contributed by atoms with Crippen LogP contribution in [0.3, 0.4) is 0 Å². The third-order valence-electron chi connectivity index (χ3n) is 5.38. The highest BCUT2D eigenvalue weighted by atomic mass is 127. The predicted octanol–water partition coefficient (Wildman–Crippen LogP) is 3.06. The number of sulfonamides is 1. The Morgan fingerprint density at radius 3 is 2.19 bits per heavy atom. The van der Waals surface area contributed by atoms with Crippen LogP contribution in [0.2, 0.25) is 0 Å². The summed E-state index contributed by atoms with van der Waals surface area (Å²) in [6.07, 6.45) is 3.89. The van der Waals surface area contributed by atoms with Gasteiger partial charge in [0.05, 0.1) is 5.75 Å². The number of hydrogen-bond acceptors (Lipinski definition) is 4. The highest BCUT2D eigenvalue weighted by Crippen LogP contribution is 2.19. The Labute approximate surface area is 205 Å². The molecule has 0 radical (unpaired) electrons. The van der Waals surface area contributed by atoms with Crippen molar-refractivity contribution in [3.05, 3.63) is 35.4 Å². The van der Waals surface area contributed by atoms with Crippen LogP contribution in [0, 0.1) is 0 Å². The molecular formula is C22H40IN5O2S. The monoisotopic (exact) mass is 565 g/mol. The quantitative estimate of drug-likeness (QED) is 0.244. The fourth-order valence-corrected chi connectivity index (χ4v) is 5.12. The first-order chi connectivity index (χ1) is 14.1. The number of nitrogens with zero attached hydrogens (tertiary/aromatic N) is 2. The summed E-state index contributed by atoms with van der Waals surface area (Å²) in [4.78, 5) is 6.89. The summed E-state index contributed by atoms with van der Waals surface area (Å²) in [5.74, 6) is 0.765. The molecule has 9 heteroatoms. The van der Waals surface area contributed by atoms with Gasteiger partial charge in [-0.15, -0.1) is 24.0 Å². The fraction of sp³-hybridized carbons (Fsp3) is 0.682. The molecule has 31 heavy (non-hydrogen) atoms. The van der Waals surface area contributed by atoms with Gasteiger partial charge in [-0.05, 0) is 64.8 Å². The first kappa shape index (κ1) is 28.1. The molecule has 178 valence electrons. The summed E-state index contributed by atoms with van der Waals surface area (Å²) < 4.78 is 26.7. The molecule has 1 saturated heterocycles. The number of aliphatic imine (C=N–C) groups is 1. The molecule has 2 rings (SSSR count). The number of nitrogens with one attached hydrogen (secondary N) is 3. The van der Waals surface area contributed by atoms with Crippen molar-refractivity contribution in [3.63, 3.8) is 0 Å². The Balaban J connectivity index is 0.00000480. The van der Waals surface area contributed by atoms with E-state index in [2.05, 4.69) is 39.1 Å². The summed E-state index contributed by atoms with van der Waals surface area (Å²) >= 11 is 0. The molecule has 1 aromatic rings. The first-order valence-electron chi connectivity index (χ1n) is 10.9. The zero-order valence-electron chi connectivity index (χ0n) is 19.6. The van der Waals surface area contributed by atoms with Crippen LogP contribution in [0.5, 0.6) is 0 Å². The molecule has 0 unspecified atom stereocenters. The standard InChI is InChI=1S/C22H39N5O2S.HI/c1-18(2)26-30(28,29)16-20-11-9-19(10-12-20)15-24-21(23-5)25-17-22(3,4)27-13-7-6-8-14-27;/h9-12,18,26H,6-8,13-17H2,1-5H3,(H2,23,24,25);1H. The van der Waals surface area contributed by atoms with Gasteiger partial charge in [-0.25, -0.2) is 13.1 Å². The predicted molar refractivity (Wildman–Crippen MR) is 140 cm³/mol. The maximum atomic E-state index is 12.1. The summed E-state index contributed by atoms with van der Waals surface area (Å²) in [7, 11) is -1.53. The molecule has 1 heterocycles. The van der Waals surface area contributed by atoms with E-state index in [1.54, 1.807) is 7.05 Å². The Morgan fingerprint density at radius 1 is 1.06 bits per heavy atom. The average Bonchev–Trinajstić information content (AvgIpc) is 2.68. The lowest BCUT2D eigenvalue weighted by Crippen LogP contribution is -2.54. The van der Waals surface area contributed by atoms with Crippen molar-refractivity contribution in [2.75, 3.05) is 26.7 Å². The summed E-state index contributed by atoms with van der Waals surface area (Å²) in [5.41, 5.74) is 1.93. The lowest BCUT2D eigenvalue weighted by Gasteiger charge is -2.41. The third-order valence-corrected chi connectivity index (χ3v) is 6.92. The molecule has 0 aromatic heterocycles. The number of likely N-dealkylation sites (tertiary alicyclic amines) is 1. The zero-order valence-corrected chi connectivity index (χ0v) is 22.7. The number of piperidine rings is 1. The molecule has 3 N–H and O–H groups in total. The minimum atomic E-state index is -3.31. The van der Waals surface area contributed by atoms with E-state index in [9.17, 15) is 8.42 Å². The van der Waals surface area contributed by atoms with Gasteiger partial charge in [0.25, 0.3) is 0 Å². The normalized spacial score (nSPS) is 16.1. The van der Waals surface area contributed by atoms with E-state index in [0.717, 1.165) is 36.7 Å². The largest absolute Gasteiger partial charge is 0.355 e. The van der Waals surface area contributed by atoms with Crippen LogP contribution in [0.4, 0.5) is 0 Å². The van der Waals surface area contributed by atoms with Crippen LogP contribution >= 0.6 is 24.0 Å². The van der Waals surface area contributed by atoms with Crippen LogP contribution in [-0.2, 0) is 22.3 Å². The fourth-order valence-electron chi connectivity index (χ4n) is 3.69. The van der Waals surface area contributed by atoms with E-state index in [4.69, 9.17) is 0 Å². The molecule has 7 nitrogen and oxygen atoms in total. The van der Waals surface area contributed by atoms with Gasteiger partial charge in [-0.1, -0.05) is 30.7 Å². The third kappa shape index (κ3) is 10.0. The second-order valence-electron chi connectivity index (χ2n) is 8.99. The van der Waals surface area contributed by atoms with Gasteiger partial charge >= 0.3 is 0 Å². The molecule has 1 aromatic carbocycles. The van der Waals surface area contributed by atoms with Gasteiger partial charge < -0.3 is 10.6 Å². The Bertz CT molecular complexity index is 789. The van der Waals surface area contributed by atoms with Gasteiger partial charge in [-0.2, -0.15) is 0 Å². The molecule has 1 aliphatic heterocycles. The smallest absolute Gasteiger partial charge is 0.216 e. The minimum Gasteiger partial charge on any atom is -0.355 e. The first-order valence-corrected chi connectivity index (χ1v) is 12.5. The zero-order chi connectivity index (χ0) is 22.2. The van der Waals surface area contributed by atoms with Crippen molar-refractivity contribution < 1.29 is 8.42 Å². The molecule has 0 atom stereocenters. The number of hydrogen-bond donors (Lipinski definition) is 3. The summed E-state index contributed by atoms with van der Waals surface area (Å²) in [6, 6.07) is 7.55. The highest BCUT2D eigenvalue weighted by Gasteiger charge is 2.27. The van der Waals surface area contributed by atoms with Crippen LogP contribution in [0.1, 0.15) is 58.1 Å². The number of rotatable bonds is 9. The van der Waals surface area contributed by atoms with E-state index >= 15 is 0 Å². The summed E-state index contributed by atoms with van der Waals surface area (Å²) in [6.45, 7) is 12.0. The number of halogens is 1. The minimum absolute atomic E-state index is 0. The lowest BCUT2D eigenvalue weighted by molar-refractivity contribution is 0.0982. The molecule has 1 aliphatic rings. The Morgan fingerprint density at radius 2 is 1.65 bits per heavy atom. The van der Waals surface area contributed by atoms with E-state index in [-0.39, 0.29) is 41.3 Å². The van der Waals surface area contributed by atoms with Crippen molar-refractivity contribution in [2.45, 2.75) is 70.8 Å². The summed E-state index contributed by atoms with van der Waals surface area (Å²) in [5, 5.41) is 6.79. The molecule has 0 spiro atoms. The van der Waals surface area contributed by atoms with Crippen molar-refractivity contribution in [1.29, 1.82) is 0 Å². The second-order valence-corrected chi connectivity index (χ2v) is 10.7. The molecule has 1 fully saturated rings. The average molecular weight is 566 g/mol. The van der Waals surface area contributed by atoms with E-state index in [1.807, 2.05) is 38.1 Å². The van der Waals surface area contributed by atoms with Gasteiger partial charge in [0.2, 0.25) is 10.0 Å². The van der Waals surface area contributed by atoms with Crippen molar-refractivity contribution >= 4 is 40.0 Å². The highest BCUT2D eigenvalue weighted by molar-refractivity contribution is 14.0. The SMILES string of the molecule is CN=C(NCc1ccc(CS(=O)(=O)NC(C)C)cc1)NCC(C)(C)N1CCCCC1.I. The number of benzene rings is 1. The van der Waals surface area contributed by atoms with Crippen LogP contribution in [-0.4, -0.2) is 57.5 Å². The topological polar surface area (TPSA) is 85.8 Å². The van der Waals surface area contributed by atoms with E-state index < -0.39 is 10.0 Å². The van der Waals surface area contributed by atoms with Crippen molar-refractivity contribution in [3.8, 4) is 0 Å². The lowest BCUT2D eigenvalue weighted by atomic mass is 9.98. The van der Waals surface area contributed by atoms with Crippen LogP contribution in [0.15, 0.2) is 29.3 Å². The van der Waals surface area contributed by atoms with Gasteiger partial charge in [0.1, 0.15) is 0 Å². The Hall–Kier alpha value is -0.910. The molecule has 0 saturated carbocycles. The van der Waals surface area contributed by atoms with Crippen LogP contribution < -0.4 is 15.4 Å².